The fourth-order valence-electron chi connectivity index (χ4n) is 2.02. The molecule has 0 heterocycles. The Bertz CT molecular complexity index is 704. The summed E-state index contributed by atoms with van der Waals surface area (Å²) in [5, 5.41) is 21.3. The number of nitrogens with zero attached hydrogens (tertiary/aromatic N) is 1. The number of carbonyl (C=O) groups is 1. The van der Waals surface area contributed by atoms with Gasteiger partial charge in [-0.15, -0.1) is 0 Å². The zero-order chi connectivity index (χ0) is 15.5. The van der Waals surface area contributed by atoms with Gasteiger partial charge in [-0.1, -0.05) is 12.1 Å². The predicted molar refractivity (Wildman–Crippen MR) is 80.6 cm³/mol. The number of hydrogen-bond donors (Lipinski definition) is 3. The molecule has 0 spiro atoms. The first-order valence-corrected chi connectivity index (χ1v) is 6.33. The van der Waals surface area contributed by atoms with E-state index in [1.54, 1.807) is 55.5 Å². The fourth-order valence-corrected chi connectivity index (χ4v) is 2.02. The Balaban J connectivity index is 2.38. The van der Waals surface area contributed by atoms with Crippen molar-refractivity contribution >= 4 is 17.3 Å². The van der Waals surface area contributed by atoms with Crippen molar-refractivity contribution in [2.75, 3.05) is 11.1 Å². The van der Waals surface area contributed by atoms with E-state index in [9.17, 15) is 9.90 Å². The monoisotopic (exact) mass is 281 g/mol. The second kappa shape index (κ2) is 5.55. The van der Waals surface area contributed by atoms with E-state index in [0.717, 1.165) is 0 Å². The predicted octanol–water partition coefficient (Wildman–Crippen LogP) is 2.55. The number of benzene rings is 2. The molecule has 2 aromatic rings. The Morgan fingerprint density at radius 2 is 1.95 bits per heavy atom. The minimum Gasteiger partial charge on any atom is -0.479 e. The summed E-state index contributed by atoms with van der Waals surface area (Å²) < 4.78 is 0. The molecule has 0 radical (unpaired) electrons. The van der Waals surface area contributed by atoms with Crippen LogP contribution in [0.1, 0.15) is 18.1 Å². The van der Waals surface area contributed by atoms with Crippen LogP contribution in [0, 0.1) is 11.3 Å². The highest BCUT2D eigenvalue weighted by atomic mass is 16.4. The number of carboxylic acid groups (broad SMARTS) is 1. The Hall–Kier alpha value is -3.00. The van der Waals surface area contributed by atoms with Gasteiger partial charge in [0.2, 0.25) is 0 Å². The molecule has 0 aromatic heterocycles. The smallest absolute Gasteiger partial charge is 0.333 e. The van der Waals surface area contributed by atoms with Crippen LogP contribution >= 0.6 is 0 Å². The molecular weight excluding hydrogens is 266 g/mol. The largest absolute Gasteiger partial charge is 0.479 e. The van der Waals surface area contributed by atoms with Crippen LogP contribution in [0.5, 0.6) is 0 Å². The molecule has 0 amide bonds. The highest BCUT2D eigenvalue weighted by Gasteiger charge is 2.35. The number of nitrogen functional groups attached to an aromatic ring is 1. The minimum atomic E-state index is -1.32. The van der Waals surface area contributed by atoms with Gasteiger partial charge in [-0.3, -0.25) is 0 Å². The molecule has 2 aromatic carbocycles. The number of aliphatic carboxylic acids is 1. The van der Waals surface area contributed by atoms with Gasteiger partial charge in [-0.05, 0) is 48.9 Å². The Labute approximate surface area is 122 Å². The number of rotatable bonds is 4. The van der Waals surface area contributed by atoms with Crippen molar-refractivity contribution in [3.05, 3.63) is 59.7 Å². The SMILES string of the molecule is CC(Nc1ccc(C#N)cc1)(C(=O)O)c1cccc(N)c1. The topological polar surface area (TPSA) is 99.1 Å². The highest BCUT2D eigenvalue weighted by molar-refractivity contribution is 5.84. The lowest BCUT2D eigenvalue weighted by Crippen LogP contribution is -2.40. The zero-order valence-corrected chi connectivity index (χ0v) is 11.5. The molecule has 0 saturated heterocycles. The van der Waals surface area contributed by atoms with Crippen LogP contribution in [0.3, 0.4) is 0 Å². The number of nitrogens with two attached hydrogens (primary N) is 1. The van der Waals surface area contributed by atoms with Crippen molar-refractivity contribution < 1.29 is 9.90 Å². The maximum absolute atomic E-state index is 11.7. The summed E-state index contributed by atoms with van der Waals surface area (Å²) in [4.78, 5) is 11.7. The molecule has 5 nitrogen and oxygen atoms in total. The summed E-state index contributed by atoms with van der Waals surface area (Å²) in [7, 11) is 0. The Morgan fingerprint density at radius 1 is 1.29 bits per heavy atom. The van der Waals surface area contributed by atoms with Gasteiger partial charge in [-0.2, -0.15) is 5.26 Å². The van der Waals surface area contributed by atoms with E-state index in [-0.39, 0.29) is 0 Å². The van der Waals surface area contributed by atoms with E-state index in [1.807, 2.05) is 6.07 Å². The van der Waals surface area contributed by atoms with Crippen LogP contribution in [0.4, 0.5) is 11.4 Å². The van der Waals surface area contributed by atoms with E-state index < -0.39 is 11.5 Å². The fraction of sp³-hybridized carbons (Fsp3) is 0.125. The molecule has 5 heteroatoms. The molecule has 1 unspecified atom stereocenters. The molecule has 106 valence electrons. The molecule has 0 aliphatic heterocycles. The third-order valence-corrected chi connectivity index (χ3v) is 3.30. The lowest BCUT2D eigenvalue weighted by atomic mass is 9.91. The normalized spacial score (nSPS) is 13.0. The standard InChI is InChI=1S/C16H15N3O2/c1-16(15(20)21,12-3-2-4-13(18)9-12)19-14-7-5-11(10-17)6-8-14/h2-9,19H,18H2,1H3,(H,20,21). The van der Waals surface area contributed by atoms with E-state index >= 15 is 0 Å². The van der Waals surface area contributed by atoms with Gasteiger partial charge in [0, 0.05) is 11.4 Å². The number of nitrogens with one attached hydrogen (secondary N) is 1. The number of carboxylic acids is 1. The van der Waals surface area contributed by atoms with Gasteiger partial charge in [0.1, 0.15) is 0 Å². The van der Waals surface area contributed by atoms with Gasteiger partial charge in [0.05, 0.1) is 11.6 Å². The van der Waals surface area contributed by atoms with Gasteiger partial charge < -0.3 is 16.2 Å². The zero-order valence-electron chi connectivity index (χ0n) is 11.5. The van der Waals surface area contributed by atoms with Crippen LogP contribution in [0.15, 0.2) is 48.5 Å². The molecule has 0 aliphatic rings. The van der Waals surface area contributed by atoms with E-state index in [1.165, 1.54) is 0 Å². The summed E-state index contributed by atoms with van der Waals surface area (Å²) in [5.74, 6) is -1.02. The Morgan fingerprint density at radius 3 is 2.48 bits per heavy atom. The molecule has 0 saturated carbocycles. The lowest BCUT2D eigenvalue weighted by Gasteiger charge is -2.28. The summed E-state index contributed by atoms with van der Waals surface area (Å²) >= 11 is 0. The third kappa shape index (κ3) is 2.95. The molecule has 0 aliphatic carbocycles. The average molecular weight is 281 g/mol. The quantitative estimate of drug-likeness (QED) is 0.748. The summed E-state index contributed by atoms with van der Waals surface area (Å²) in [6, 6.07) is 15.4. The number of hydrogen-bond acceptors (Lipinski definition) is 4. The van der Waals surface area contributed by atoms with Crippen molar-refractivity contribution in [2.45, 2.75) is 12.5 Å². The second-order valence-electron chi connectivity index (χ2n) is 4.87. The van der Waals surface area contributed by atoms with Crippen molar-refractivity contribution in [3.63, 3.8) is 0 Å². The first-order valence-electron chi connectivity index (χ1n) is 6.33. The Kier molecular flexibility index (Phi) is 3.81. The van der Waals surface area contributed by atoms with E-state index in [2.05, 4.69) is 5.32 Å². The van der Waals surface area contributed by atoms with Gasteiger partial charge in [-0.25, -0.2) is 4.79 Å². The first kappa shape index (κ1) is 14.4. The maximum Gasteiger partial charge on any atom is 0.333 e. The van der Waals surface area contributed by atoms with Crippen LogP contribution in [0.25, 0.3) is 0 Å². The summed E-state index contributed by atoms with van der Waals surface area (Å²) in [5.41, 5.74) is 6.60. The van der Waals surface area contributed by atoms with Gasteiger partial charge in [0.15, 0.2) is 5.54 Å². The number of anilines is 2. The minimum absolute atomic E-state index is 0.501. The van der Waals surface area contributed by atoms with Crippen LogP contribution < -0.4 is 11.1 Å². The third-order valence-electron chi connectivity index (χ3n) is 3.30. The van der Waals surface area contributed by atoms with Crippen LogP contribution in [0.2, 0.25) is 0 Å². The van der Waals surface area contributed by atoms with E-state index in [4.69, 9.17) is 11.0 Å². The molecule has 0 fully saturated rings. The van der Waals surface area contributed by atoms with Crippen molar-refractivity contribution in [1.29, 1.82) is 5.26 Å². The first-order chi connectivity index (χ1) is 9.95. The van der Waals surface area contributed by atoms with Crippen molar-refractivity contribution in [3.8, 4) is 6.07 Å². The van der Waals surface area contributed by atoms with Crippen molar-refractivity contribution in [2.24, 2.45) is 0 Å². The molecule has 0 bridgehead atoms. The number of nitriles is 1. The van der Waals surface area contributed by atoms with Crippen LogP contribution in [-0.4, -0.2) is 11.1 Å². The van der Waals surface area contributed by atoms with Gasteiger partial charge in [0.25, 0.3) is 0 Å². The van der Waals surface area contributed by atoms with Gasteiger partial charge >= 0.3 is 5.97 Å². The molecule has 1 atom stereocenters. The van der Waals surface area contributed by atoms with E-state index in [0.29, 0.717) is 22.5 Å². The lowest BCUT2D eigenvalue weighted by molar-refractivity contribution is -0.142. The molecule has 21 heavy (non-hydrogen) atoms. The summed E-state index contributed by atoms with van der Waals surface area (Å²) in [6.07, 6.45) is 0. The molecule has 2 rings (SSSR count). The van der Waals surface area contributed by atoms with Crippen molar-refractivity contribution in [1.82, 2.24) is 0 Å². The highest BCUT2D eigenvalue weighted by Crippen LogP contribution is 2.28. The van der Waals surface area contributed by atoms with Crippen LogP contribution in [-0.2, 0) is 10.3 Å². The summed E-state index contributed by atoms with van der Waals surface area (Å²) in [6.45, 7) is 1.57. The molecule has 4 N–H and O–H groups in total. The average Bonchev–Trinajstić information content (AvgIpc) is 2.47. The maximum atomic E-state index is 11.7. The molecular formula is C16H15N3O2. The second-order valence-corrected chi connectivity index (χ2v) is 4.87.